The van der Waals surface area contributed by atoms with E-state index in [4.69, 9.17) is 18.9 Å². The first-order chi connectivity index (χ1) is 13.9. The van der Waals surface area contributed by atoms with Crippen LogP contribution >= 0.6 is 0 Å². The number of hydrogen-bond acceptors (Lipinski definition) is 8. The maximum Gasteiger partial charge on any atom is 0.344 e. The molecule has 1 aliphatic rings. The molecule has 29 heavy (non-hydrogen) atoms. The average Bonchev–Trinajstić information content (AvgIpc) is 3.18. The summed E-state index contributed by atoms with van der Waals surface area (Å²) in [5.41, 5.74) is 0.718. The molecule has 3 rings (SSSR count). The predicted molar refractivity (Wildman–Crippen MR) is 98.6 cm³/mol. The lowest BCUT2D eigenvalue weighted by Gasteiger charge is -2.14. The number of nitrogens with zero attached hydrogens (tertiary/aromatic N) is 1. The third-order valence-corrected chi connectivity index (χ3v) is 3.99. The van der Waals surface area contributed by atoms with Crippen molar-refractivity contribution in [3.05, 3.63) is 58.1 Å². The van der Waals surface area contributed by atoms with Crippen molar-refractivity contribution in [2.75, 3.05) is 13.4 Å². The molecule has 2 aromatic carbocycles. The van der Waals surface area contributed by atoms with Crippen LogP contribution in [0.2, 0.25) is 0 Å². The monoisotopic (exact) mass is 402 g/mol. The Morgan fingerprint density at radius 2 is 1.90 bits per heavy atom. The number of rotatable bonds is 8. The summed E-state index contributed by atoms with van der Waals surface area (Å²) in [6.07, 6.45) is -1.02. The number of nitrogens with one attached hydrogen (secondary N) is 1. The third-order valence-electron chi connectivity index (χ3n) is 3.99. The summed E-state index contributed by atoms with van der Waals surface area (Å²) in [5, 5.41) is 13.3. The summed E-state index contributed by atoms with van der Waals surface area (Å²) in [5.74, 6) is 0.322. The van der Waals surface area contributed by atoms with Gasteiger partial charge in [0.25, 0.3) is 11.6 Å². The Morgan fingerprint density at radius 1 is 1.17 bits per heavy atom. The van der Waals surface area contributed by atoms with Gasteiger partial charge in [0, 0.05) is 18.7 Å². The van der Waals surface area contributed by atoms with Crippen LogP contribution in [0.15, 0.2) is 42.5 Å². The Hall–Kier alpha value is -3.82. The molecule has 1 atom stereocenters. The standard InChI is InChI=1S/C19H18N2O8/c1-12(19(23)20-9-13-2-7-16-17(8-13)28-11-27-16)29-18(22)10-26-15-5-3-14(4-6-15)21(24)25/h2-8,12H,9-11H2,1H3,(H,20,23)/t12-/m1/s1. The van der Waals surface area contributed by atoms with Gasteiger partial charge >= 0.3 is 5.97 Å². The van der Waals surface area contributed by atoms with Gasteiger partial charge in [0.1, 0.15) is 5.75 Å². The summed E-state index contributed by atoms with van der Waals surface area (Å²) in [7, 11) is 0. The van der Waals surface area contributed by atoms with Crippen LogP contribution < -0.4 is 19.5 Å². The van der Waals surface area contributed by atoms with Crippen LogP contribution in [0, 0.1) is 10.1 Å². The van der Waals surface area contributed by atoms with Gasteiger partial charge in [-0.25, -0.2) is 4.79 Å². The second kappa shape index (κ2) is 8.91. The van der Waals surface area contributed by atoms with Crippen LogP contribution in [-0.2, 0) is 20.9 Å². The number of ether oxygens (including phenoxy) is 4. The zero-order chi connectivity index (χ0) is 20.8. The molecule has 0 unspecified atom stereocenters. The lowest BCUT2D eigenvalue weighted by Crippen LogP contribution is -2.36. The van der Waals surface area contributed by atoms with E-state index in [0.29, 0.717) is 11.5 Å². The van der Waals surface area contributed by atoms with Gasteiger partial charge in [0.05, 0.1) is 4.92 Å². The van der Waals surface area contributed by atoms with Crippen molar-refractivity contribution in [3.8, 4) is 17.2 Å². The molecule has 0 aromatic heterocycles. The highest BCUT2D eigenvalue weighted by molar-refractivity contribution is 5.83. The number of nitro groups is 1. The minimum atomic E-state index is -1.02. The fraction of sp³-hybridized carbons (Fsp3) is 0.263. The van der Waals surface area contributed by atoms with Gasteiger partial charge in [-0.3, -0.25) is 14.9 Å². The molecule has 0 spiro atoms. The lowest BCUT2D eigenvalue weighted by atomic mass is 10.2. The Bertz CT molecular complexity index is 913. The van der Waals surface area contributed by atoms with Crippen LogP contribution in [0.3, 0.4) is 0 Å². The van der Waals surface area contributed by atoms with Crippen molar-refractivity contribution in [1.82, 2.24) is 5.32 Å². The van der Waals surface area contributed by atoms with Crippen molar-refractivity contribution in [3.63, 3.8) is 0 Å². The van der Waals surface area contributed by atoms with E-state index in [1.165, 1.54) is 31.2 Å². The Balaban J connectivity index is 1.41. The Morgan fingerprint density at radius 3 is 2.62 bits per heavy atom. The van der Waals surface area contributed by atoms with E-state index in [1.54, 1.807) is 18.2 Å². The molecule has 1 aliphatic heterocycles. The van der Waals surface area contributed by atoms with Crippen molar-refractivity contribution in [2.24, 2.45) is 0 Å². The molecule has 0 saturated heterocycles. The lowest BCUT2D eigenvalue weighted by molar-refractivity contribution is -0.384. The molecule has 1 N–H and O–H groups in total. The highest BCUT2D eigenvalue weighted by Gasteiger charge is 2.19. The SMILES string of the molecule is C[C@@H](OC(=O)COc1ccc([N+](=O)[O-])cc1)C(=O)NCc1ccc2c(c1)OCO2. The van der Waals surface area contributed by atoms with Crippen molar-refractivity contribution in [1.29, 1.82) is 0 Å². The zero-order valence-corrected chi connectivity index (χ0v) is 15.5. The number of carbonyl (C=O) groups is 2. The summed E-state index contributed by atoms with van der Waals surface area (Å²) in [6.45, 7) is 1.41. The fourth-order valence-electron chi connectivity index (χ4n) is 2.47. The molecular formula is C19H18N2O8. The molecule has 1 amide bonds. The second-order valence-corrected chi connectivity index (χ2v) is 6.08. The Labute approximate surface area is 165 Å². The van der Waals surface area contributed by atoms with Crippen molar-refractivity contribution in [2.45, 2.75) is 19.6 Å². The minimum absolute atomic E-state index is 0.0901. The largest absolute Gasteiger partial charge is 0.482 e. The summed E-state index contributed by atoms with van der Waals surface area (Å²) in [6, 6.07) is 10.6. The summed E-state index contributed by atoms with van der Waals surface area (Å²) < 4.78 is 20.7. The number of benzene rings is 2. The summed E-state index contributed by atoms with van der Waals surface area (Å²) in [4.78, 5) is 34.0. The normalized spacial score (nSPS) is 12.7. The minimum Gasteiger partial charge on any atom is -0.482 e. The van der Waals surface area contributed by atoms with Crippen molar-refractivity contribution >= 4 is 17.6 Å². The maximum atomic E-state index is 12.1. The van der Waals surface area contributed by atoms with Crippen LogP contribution in [0.1, 0.15) is 12.5 Å². The van der Waals surface area contributed by atoms with E-state index >= 15 is 0 Å². The first-order valence-corrected chi connectivity index (χ1v) is 8.65. The van der Waals surface area contributed by atoms with Gasteiger partial charge < -0.3 is 24.3 Å². The smallest absolute Gasteiger partial charge is 0.344 e. The van der Waals surface area contributed by atoms with E-state index in [9.17, 15) is 19.7 Å². The molecule has 2 aromatic rings. The quantitative estimate of drug-likeness (QED) is 0.403. The molecule has 0 saturated carbocycles. The van der Waals surface area contributed by atoms with Crippen LogP contribution in [-0.4, -0.2) is 36.3 Å². The molecular weight excluding hydrogens is 384 g/mol. The highest BCUT2D eigenvalue weighted by Crippen LogP contribution is 2.32. The van der Waals surface area contributed by atoms with Crippen LogP contribution in [0.5, 0.6) is 17.2 Å². The highest BCUT2D eigenvalue weighted by atomic mass is 16.7. The van der Waals surface area contributed by atoms with Gasteiger partial charge in [0.2, 0.25) is 6.79 Å². The van der Waals surface area contributed by atoms with Crippen LogP contribution in [0.25, 0.3) is 0 Å². The number of amides is 1. The average molecular weight is 402 g/mol. The van der Waals surface area contributed by atoms with Crippen molar-refractivity contribution < 1.29 is 33.5 Å². The third kappa shape index (κ3) is 5.34. The van der Waals surface area contributed by atoms with E-state index < -0.39 is 29.5 Å². The number of esters is 1. The van der Waals surface area contributed by atoms with E-state index in [2.05, 4.69) is 5.32 Å². The molecule has 0 fully saturated rings. The first kappa shape index (κ1) is 19.9. The zero-order valence-electron chi connectivity index (χ0n) is 15.5. The van der Waals surface area contributed by atoms with E-state index in [0.717, 1.165) is 5.56 Å². The fourth-order valence-corrected chi connectivity index (χ4v) is 2.47. The van der Waals surface area contributed by atoms with E-state index in [1.807, 2.05) is 0 Å². The van der Waals surface area contributed by atoms with Gasteiger partial charge in [-0.1, -0.05) is 6.07 Å². The number of fused-ring (bicyclic) bond motifs is 1. The molecule has 0 bridgehead atoms. The molecule has 152 valence electrons. The molecule has 0 aliphatic carbocycles. The molecule has 1 heterocycles. The second-order valence-electron chi connectivity index (χ2n) is 6.08. The van der Waals surface area contributed by atoms with E-state index in [-0.39, 0.29) is 24.8 Å². The number of non-ortho nitro benzene ring substituents is 1. The molecule has 10 nitrogen and oxygen atoms in total. The van der Waals surface area contributed by atoms with Gasteiger partial charge in [0.15, 0.2) is 24.2 Å². The van der Waals surface area contributed by atoms with Gasteiger partial charge in [-0.2, -0.15) is 0 Å². The first-order valence-electron chi connectivity index (χ1n) is 8.65. The number of carbonyl (C=O) groups excluding carboxylic acids is 2. The topological polar surface area (TPSA) is 126 Å². The van der Waals surface area contributed by atoms with Crippen LogP contribution in [0.4, 0.5) is 5.69 Å². The molecule has 10 heteroatoms. The Kier molecular flexibility index (Phi) is 6.12. The number of hydrogen-bond donors (Lipinski definition) is 1. The molecule has 0 radical (unpaired) electrons. The summed E-state index contributed by atoms with van der Waals surface area (Å²) >= 11 is 0. The maximum absolute atomic E-state index is 12.1. The number of nitro benzene ring substituents is 1. The van der Waals surface area contributed by atoms with Gasteiger partial charge in [-0.15, -0.1) is 0 Å². The van der Waals surface area contributed by atoms with Gasteiger partial charge in [-0.05, 0) is 36.8 Å². The predicted octanol–water partition coefficient (Wildman–Crippen LogP) is 1.95.